The van der Waals surface area contributed by atoms with Crippen molar-refractivity contribution in [2.24, 2.45) is 0 Å². The number of piperazine rings is 1. The zero-order chi connectivity index (χ0) is 20.4. The number of ether oxygens (including phenoxy) is 1. The minimum Gasteiger partial charge on any atom is -0.378 e. The van der Waals surface area contributed by atoms with E-state index in [9.17, 15) is 9.59 Å². The van der Waals surface area contributed by atoms with E-state index in [0.717, 1.165) is 22.2 Å². The number of morpholine rings is 1. The van der Waals surface area contributed by atoms with Gasteiger partial charge in [-0.15, -0.1) is 0 Å². The zero-order valence-electron chi connectivity index (χ0n) is 17.2. The van der Waals surface area contributed by atoms with E-state index < -0.39 is 0 Å². The van der Waals surface area contributed by atoms with Gasteiger partial charge < -0.3 is 14.5 Å². The fraction of sp³-hybridized carbons (Fsp3) is 0.500. The van der Waals surface area contributed by atoms with Crippen molar-refractivity contribution in [3.05, 3.63) is 41.1 Å². The topological polar surface area (TPSA) is 66.0 Å². The van der Waals surface area contributed by atoms with Gasteiger partial charge in [0, 0.05) is 44.7 Å². The molecule has 2 fully saturated rings. The quantitative estimate of drug-likeness (QED) is 0.786. The second kappa shape index (κ2) is 8.47. The molecule has 1 aromatic carbocycles. The molecule has 0 bridgehead atoms. The number of benzene rings is 1. The number of carbonyl (C=O) groups excluding carboxylic acids is 2. The molecule has 0 saturated carbocycles. The monoisotopic (exact) mass is 396 g/mol. The van der Waals surface area contributed by atoms with Crippen LogP contribution < -0.4 is 0 Å². The van der Waals surface area contributed by atoms with Crippen LogP contribution in [0, 0.1) is 13.8 Å². The fourth-order valence-corrected chi connectivity index (χ4v) is 3.99. The summed E-state index contributed by atoms with van der Waals surface area (Å²) in [6, 6.07) is 8.05. The van der Waals surface area contributed by atoms with E-state index in [1.54, 1.807) is 0 Å². The van der Waals surface area contributed by atoms with Crippen molar-refractivity contribution in [2.45, 2.75) is 13.8 Å². The van der Waals surface area contributed by atoms with E-state index in [4.69, 9.17) is 4.74 Å². The summed E-state index contributed by atoms with van der Waals surface area (Å²) in [6.45, 7) is 9.60. The van der Waals surface area contributed by atoms with Crippen LogP contribution in [0.15, 0.2) is 24.3 Å². The Morgan fingerprint density at radius 1 is 0.966 bits per heavy atom. The molecule has 2 saturated heterocycles. The van der Waals surface area contributed by atoms with Crippen molar-refractivity contribution >= 4 is 22.7 Å². The Morgan fingerprint density at radius 2 is 1.69 bits per heavy atom. The van der Waals surface area contributed by atoms with Crippen LogP contribution in [0.5, 0.6) is 0 Å². The summed E-state index contributed by atoms with van der Waals surface area (Å²) in [5.41, 5.74) is 3.49. The third-order valence-corrected chi connectivity index (χ3v) is 5.77. The van der Waals surface area contributed by atoms with Gasteiger partial charge in [-0.3, -0.25) is 19.5 Å². The molecule has 0 unspecified atom stereocenters. The molecule has 2 aliphatic heterocycles. The van der Waals surface area contributed by atoms with Crippen molar-refractivity contribution in [1.82, 2.24) is 19.7 Å². The van der Waals surface area contributed by atoms with Crippen LogP contribution in [-0.4, -0.2) is 90.5 Å². The molecule has 4 rings (SSSR count). The lowest BCUT2D eigenvalue weighted by atomic mass is 10.1. The summed E-state index contributed by atoms with van der Waals surface area (Å²) in [6.07, 6.45) is 0. The highest BCUT2D eigenvalue weighted by Crippen LogP contribution is 2.20. The van der Waals surface area contributed by atoms with E-state index >= 15 is 0 Å². The minimum absolute atomic E-state index is 0.0255. The molecular formula is C22H28N4O3. The third-order valence-electron chi connectivity index (χ3n) is 5.77. The summed E-state index contributed by atoms with van der Waals surface area (Å²) in [4.78, 5) is 36.0. The van der Waals surface area contributed by atoms with Crippen molar-refractivity contribution in [3.63, 3.8) is 0 Å². The average Bonchev–Trinajstić information content (AvgIpc) is 2.74. The van der Waals surface area contributed by atoms with E-state index in [1.807, 2.05) is 41.8 Å². The van der Waals surface area contributed by atoms with Gasteiger partial charge in [0.2, 0.25) is 5.91 Å². The number of hydrogen-bond donors (Lipinski definition) is 0. The zero-order valence-corrected chi connectivity index (χ0v) is 17.2. The van der Waals surface area contributed by atoms with Gasteiger partial charge in [0.15, 0.2) is 0 Å². The van der Waals surface area contributed by atoms with Crippen LogP contribution in [0.2, 0.25) is 0 Å². The summed E-state index contributed by atoms with van der Waals surface area (Å²) < 4.78 is 5.31. The van der Waals surface area contributed by atoms with Gasteiger partial charge in [-0.25, -0.2) is 0 Å². The highest BCUT2D eigenvalue weighted by molar-refractivity contribution is 5.98. The maximum absolute atomic E-state index is 13.1. The van der Waals surface area contributed by atoms with Crippen LogP contribution in [0.1, 0.15) is 21.6 Å². The van der Waals surface area contributed by atoms with Crippen molar-refractivity contribution in [1.29, 1.82) is 0 Å². The lowest BCUT2D eigenvalue weighted by Gasteiger charge is -2.36. The summed E-state index contributed by atoms with van der Waals surface area (Å²) in [7, 11) is 0. The van der Waals surface area contributed by atoms with E-state index in [0.29, 0.717) is 64.6 Å². The number of nitrogens with zero attached hydrogens (tertiary/aromatic N) is 4. The van der Waals surface area contributed by atoms with Crippen LogP contribution in [0.25, 0.3) is 10.9 Å². The maximum Gasteiger partial charge on any atom is 0.255 e. The van der Waals surface area contributed by atoms with Gasteiger partial charge in [-0.05, 0) is 32.0 Å². The number of hydrogen-bond acceptors (Lipinski definition) is 5. The highest BCUT2D eigenvalue weighted by atomic mass is 16.5. The molecule has 2 amide bonds. The molecule has 2 aliphatic rings. The Morgan fingerprint density at radius 3 is 2.41 bits per heavy atom. The molecule has 0 spiro atoms. The molecule has 7 nitrogen and oxygen atoms in total. The fourth-order valence-electron chi connectivity index (χ4n) is 3.99. The summed E-state index contributed by atoms with van der Waals surface area (Å²) in [5, 5.41) is 0.994. The maximum atomic E-state index is 13.1. The molecule has 1 aromatic heterocycles. The Balaban J connectivity index is 1.38. The molecule has 7 heteroatoms. The molecule has 0 aliphatic carbocycles. The second-order valence-electron chi connectivity index (χ2n) is 7.88. The Labute approximate surface area is 171 Å². The molecule has 2 aromatic rings. The number of aromatic nitrogens is 1. The molecule has 0 atom stereocenters. The Bertz CT molecular complexity index is 916. The van der Waals surface area contributed by atoms with Gasteiger partial charge in [0.05, 0.1) is 36.5 Å². The Kier molecular flexibility index (Phi) is 5.78. The molecule has 0 radical (unpaired) electrons. The van der Waals surface area contributed by atoms with Gasteiger partial charge in [-0.2, -0.15) is 0 Å². The largest absolute Gasteiger partial charge is 0.378 e. The average molecular weight is 396 g/mol. The number of amides is 2. The first-order chi connectivity index (χ1) is 14.0. The Hall–Kier alpha value is -2.51. The molecule has 3 heterocycles. The predicted molar refractivity (Wildman–Crippen MR) is 111 cm³/mol. The van der Waals surface area contributed by atoms with Gasteiger partial charge in [0.1, 0.15) is 0 Å². The minimum atomic E-state index is 0.0255. The normalized spacial score (nSPS) is 18.3. The van der Waals surface area contributed by atoms with E-state index in [-0.39, 0.29) is 11.8 Å². The standard InChI is InChI=1S/C22H28N4O3/c1-16-3-4-20-18(13-16)14-19(17(2)23-20)22(28)26-7-5-24(6-8-26)15-21(27)25-9-11-29-12-10-25/h3-4,13-14H,5-12,15H2,1-2H3. The van der Waals surface area contributed by atoms with E-state index in [1.165, 1.54) is 0 Å². The SMILES string of the molecule is Cc1ccc2nc(C)c(C(=O)N3CCN(CC(=O)N4CCOCC4)CC3)cc2c1. The molecule has 154 valence electrons. The van der Waals surface area contributed by atoms with Gasteiger partial charge in [0.25, 0.3) is 5.91 Å². The van der Waals surface area contributed by atoms with Crippen LogP contribution in [0.4, 0.5) is 0 Å². The molecular weight excluding hydrogens is 368 g/mol. The first-order valence-corrected chi connectivity index (χ1v) is 10.3. The first-order valence-electron chi connectivity index (χ1n) is 10.3. The summed E-state index contributed by atoms with van der Waals surface area (Å²) >= 11 is 0. The van der Waals surface area contributed by atoms with Gasteiger partial charge >= 0.3 is 0 Å². The summed E-state index contributed by atoms with van der Waals surface area (Å²) in [5.74, 6) is 0.176. The van der Waals surface area contributed by atoms with Crippen LogP contribution in [0.3, 0.4) is 0 Å². The number of rotatable bonds is 3. The van der Waals surface area contributed by atoms with Crippen LogP contribution in [-0.2, 0) is 9.53 Å². The van der Waals surface area contributed by atoms with Crippen molar-refractivity contribution in [2.75, 3.05) is 59.0 Å². The van der Waals surface area contributed by atoms with Crippen molar-refractivity contribution in [3.8, 4) is 0 Å². The smallest absolute Gasteiger partial charge is 0.255 e. The van der Waals surface area contributed by atoms with Crippen LogP contribution >= 0.6 is 0 Å². The first kappa shape index (κ1) is 19.8. The molecule has 0 N–H and O–H groups in total. The van der Waals surface area contributed by atoms with Crippen molar-refractivity contribution < 1.29 is 14.3 Å². The number of aryl methyl sites for hydroxylation is 2. The predicted octanol–water partition coefficient (Wildman–Crippen LogP) is 1.47. The highest BCUT2D eigenvalue weighted by Gasteiger charge is 2.26. The molecule has 29 heavy (non-hydrogen) atoms. The lowest BCUT2D eigenvalue weighted by molar-refractivity contribution is -0.136. The van der Waals surface area contributed by atoms with E-state index in [2.05, 4.69) is 16.0 Å². The third kappa shape index (κ3) is 4.41. The van der Waals surface area contributed by atoms with Gasteiger partial charge in [-0.1, -0.05) is 11.6 Å². The number of carbonyl (C=O) groups is 2. The number of fused-ring (bicyclic) bond motifs is 1. The lowest BCUT2D eigenvalue weighted by Crippen LogP contribution is -2.52. The second-order valence-corrected chi connectivity index (χ2v) is 7.88. The number of pyridine rings is 1.